The maximum absolute atomic E-state index is 13.5. The van der Waals surface area contributed by atoms with Crippen molar-refractivity contribution in [3.63, 3.8) is 0 Å². The average molecular weight is 440 g/mol. The molecule has 3 aliphatic heterocycles. The number of rotatable bonds is 3. The predicted molar refractivity (Wildman–Crippen MR) is 108 cm³/mol. The molecule has 2 saturated heterocycles. The van der Waals surface area contributed by atoms with Gasteiger partial charge in [-0.25, -0.2) is 0 Å². The maximum Gasteiger partial charge on any atom is 0.417 e. The van der Waals surface area contributed by atoms with Crippen molar-refractivity contribution >= 4 is 11.6 Å². The van der Waals surface area contributed by atoms with Gasteiger partial charge in [0, 0.05) is 12.1 Å². The minimum atomic E-state index is -4.77. The van der Waals surface area contributed by atoms with Gasteiger partial charge in [-0.3, -0.25) is 9.69 Å². The Kier molecular flexibility index (Phi) is 4.32. The minimum absolute atomic E-state index is 0.0962. The van der Waals surface area contributed by atoms with E-state index >= 15 is 0 Å². The molecule has 0 radical (unpaired) electrons. The summed E-state index contributed by atoms with van der Waals surface area (Å²) in [4.78, 5) is 14.6. The Morgan fingerprint density at radius 1 is 1.19 bits per heavy atom. The van der Waals surface area contributed by atoms with E-state index in [1.54, 1.807) is 6.92 Å². The van der Waals surface area contributed by atoms with Crippen molar-refractivity contribution < 1.29 is 27.8 Å². The van der Waals surface area contributed by atoms with E-state index in [1.807, 2.05) is 42.5 Å². The fourth-order valence-electron chi connectivity index (χ4n) is 5.45. The smallest absolute Gasteiger partial charge is 0.373 e. The first-order chi connectivity index (χ1) is 15.1. The summed E-state index contributed by atoms with van der Waals surface area (Å²) in [5.41, 5.74) is -2.76. The Labute approximate surface area is 182 Å². The number of benzene rings is 2. The molecule has 3 unspecified atom stereocenters. The summed E-state index contributed by atoms with van der Waals surface area (Å²) in [6.07, 6.45) is -2.07. The van der Waals surface area contributed by atoms with E-state index in [1.165, 1.54) is 12.1 Å². The van der Waals surface area contributed by atoms with Gasteiger partial charge in [0.15, 0.2) is 0 Å². The lowest BCUT2D eigenvalue weighted by molar-refractivity contribution is -0.138. The summed E-state index contributed by atoms with van der Waals surface area (Å²) in [7, 11) is 0. The first-order valence-electron chi connectivity index (χ1n) is 10.2. The van der Waals surface area contributed by atoms with E-state index < -0.39 is 52.5 Å². The average Bonchev–Trinajstić information content (AvgIpc) is 3.32. The van der Waals surface area contributed by atoms with Crippen LogP contribution in [0.1, 0.15) is 23.6 Å². The van der Waals surface area contributed by atoms with Crippen LogP contribution in [0.5, 0.6) is 0 Å². The number of carbonyl (C=O) groups is 1. The molecule has 0 aliphatic carbocycles. The highest BCUT2D eigenvalue weighted by atomic mass is 19.4. The third-order valence-corrected chi connectivity index (χ3v) is 6.77. The number of nitriles is 1. The van der Waals surface area contributed by atoms with Crippen molar-refractivity contribution in [2.24, 2.45) is 11.8 Å². The number of carbonyl (C=O) groups excluding carboxylic acids is 1. The van der Waals surface area contributed by atoms with Crippen molar-refractivity contribution in [2.75, 3.05) is 4.90 Å². The molecule has 1 amide bonds. The van der Waals surface area contributed by atoms with E-state index in [-0.39, 0.29) is 5.69 Å². The highest BCUT2D eigenvalue weighted by Gasteiger charge is 2.71. The quantitative estimate of drug-likeness (QED) is 0.737. The molecule has 164 valence electrons. The van der Waals surface area contributed by atoms with Crippen LogP contribution in [0.2, 0.25) is 0 Å². The fraction of sp³-hybridized carbons (Fsp3) is 0.333. The van der Waals surface area contributed by atoms with Crippen LogP contribution in [-0.4, -0.2) is 28.4 Å². The van der Waals surface area contributed by atoms with Crippen molar-refractivity contribution in [3.05, 3.63) is 77.4 Å². The molecule has 5 nitrogen and oxygen atoms in total. The first-order valence-corrected chi connectivity index (χ1v) is 10.2. The lowest BCUT2D eigenvalue weighted by Crippen LogP contribution is -2.43. The van der Waals surface area contributed by atoms with Gasteiger partial charge in [0.05, 0.1) is 34.6 Å². The normalized spacial score (nSPS) is 32.9. The second-order valence-electron chi connectivity index (χ2n) is 8.70. The van der Waals surface area contributed by atoms with Gasteiger partial charge in [-0.05, 0) is 30.7 Å². The molecule has 32 heavy (non-hydrogen) atoms. The lowest BCUT2D eigenvalue weighted by Gasteiger charge is -2.31. The summed E-state index contributed by atoms with van der Waals surface area (Å²) >= 11 is 0. The van der Waals surface area contributed by atoms with Crippen molar-refractivity contribution in [1.82, 2.24) is 0 Å². The molecule has 0 saturated carbocycles. The molecule has 2 aromatic carbocycles. The lowest BCUT2D eigenvalue weighted by atomic mass is 9.70. The van der Waals surface area contributed by atoms with Crippen LogP contribution < -0.4 is 4.90 Å². The first kappa shape index (κ1) is 20.7. The van der Waals surface area contributed by atoms with Crippen LogP contribution in [0.15, 0.2) is 60.7 Å². The van der Waals surface area contributed by atoms with Crippen LogP contribution in [0.25, 0.3) is 0 Å². The van der Waals surface area contributed by atoms with E-state index in [0.29, 0.717) is 6.42 Å². The molecule has 8 heteroatoms. The molecule has 0 aromatic heterocycles. The van der Waals surface area contributed by atoms with Crippen LogP contribution >= 0.6 is 0 Å². The zero-order valence-electron chi connectivity index (χ0n) is 17.0. The summed E-state index contributed by atoms with van der Waals surface area (Å²) in [6.45, 7) is 1.78. The Morgan fingerprint density at radius 2 is 1.91 bits per heavy atom. The second-order valence-corrected chi connectivity index (χ2v) is 8.70. The number of fused-ring (bicyclic) bond motifs is 5. The van der Waals surface area contributed by atoms with Crippen LogP contribution in [0.4, 0.5) is 18.9 Å². The summed E-state index contributed by atoms with van der Waals surface area (Å²) < 4.78 is 46.8. The Morgan fingerprint density at radius 3 is 2.56 bits per heavy atom. The van der Waals surface area contributed by atoms with Gasteiger partial charge >= 0.3 is 6.18 Å². The van der Waals surface area contributed by atoms with Crippen molar-refractivity contribution in [1.29, 1.82) is 5.26 Å². The standard InChI is InChI=1S/C24H19F3N2O3/c1-22-9-10-23(32-22,12-14-5-3-2-4-6-14)19-18(22)20(30)29(21(19)31)16-8-7-15(13-28)17(11-16)24(25,26)27/h2-11,18-20,30H,12H2,1H3/t18-,19+,20?,22?,23?/m1/s1. The number of aliphatic hydroxyl groups is 1. The van der Waals surface area contributed by atoms with Crippen molar-refractivity contribution in [3.8, 4) is 6.07 Å². The van der Waals surface area contributed by atoms with Gasteiger partial charge in [0.1, 0.15) is 11.8 Å². The molecule has 3 heterocycles. The molecule has 0 spiro atoms. The Balaban J connectivity index is 1.56. The number of ether oxygens (including phenoxy) is 1. The van der Waals surface area contributed by atoms with Gasteiger partial charge in [-0.15, -0.1) is 0 Å². The molecular weight excluding hydrogens is 421 g/mol. The predicted octanol–water partition coefficient (Wildman–Crippen LogP) is 3.81. The van der Waals surface area contributed by atoms with E-state index in [9.17, 15) is 23.1 Å². The summed E-state index contributed by atoms with van der Waals surface area (Å²) in [5.74, 6) is -1.89. The van der Waals surface area contributed by atoms with Gasteiger partial charge in [0.25, 0.3) is 0 Å². The number of hydrogen-bond donors (Lipinski definition) is 1. The number of nitrogens with zero attached hydrogens (tertiary/aromatic N) is 2. The van der Waals surface area contributed by atoms with E-state index in [4.69, 9.17) is 10.00 Å². The molecule has 1 N–H and O–H groups in total. The highest BCUT2D eigenvalue weighted by molar-refractivity contribution is 6.00. The van der Waals surface area contributed by atoms with Gasteiger partial charge in [-0.1, -0.05) is 42.5 Å². The topological polar surface area (TPSA) is 73.6 Å². The van der Waals surface area contributed by atoms with Crippen LogP contribution in [-0.2, 0) is 22.1 Å². The van der Waals surface area contributed by atoms with Crippen LogP contribution in [0.3, 0.4) is 0 Å². The molecule has 2 fully saturated rings. The van der Waals surface area contributed by atoms with Gasteiger partial charge in [-0.2, -0.15) is 18.4 Å². The van der Waals surface area contributed by atoms with E-state index in [0.717, 1.165) is 22.6 Å². The zero-order valence-corrected chi connectivity index (χ0v) is 17.0. The zero-order chi connectivity index (χ0) is 22.9. The molecule has 3 aliphatic rings. The van der Waals surface area contributed by atoms with Crippen molar-refractivity contribution in [2.45, 2.75) is 37.0 Å². The third-order valence-electron chi connectivity index (χ3n) is 6.77. The largest absolute Gasteiger partial charge is 0.417 e. The van der Waals surface area contributed by atoms with Gasteiger partial charge < -0.3 is 9.84 Å². The fourth-order valence-corrected chi connectivity index (χ4v) is 5.45. The SMILES string of the molecule is CC12C=CC(Cc3ccccc3)(O1)[C@@H]1C(=O)N(c3ccc(C#N)c(C(F)(F)F)c3)C(O)[C@@H]12. The van der Waals surface area contributed by atoms with Gasteiger partial charge in [0.2, 0.25) is 5.91 Å². The Hall–Kier alpha value is -3.15. The number of alkyl halides is 3. The van der Waals surface area contributed by atoms with E-state index in [2.05, 4.69) is 0 Å². The molecular formula is C24H19F3N2O3. The third kappa shape index (κ3) is 2.81. The monoisotopic (exact) mass is 440 g/mol. The highest BCUT2D eigenvalue weighted by Crippen LogP contribution is 2.60. The molecule has 2 bridgehead atoms. The number of amides is 1. The number of hydrogen-bond acceptors (Lipinski definition) is 4. The summed E-state index contributed by atoms with van der Waals surface area (Å²) in [6, 6.07) is 14.0. The van der Waals surface area contributed by atoms with Crippen LogP contribution in [0, 0.1) is 23.2 Å². The molecule has 5 rings (SSSR count). The Bertz CT molecular complexity index is 1170. The number of aliphatic hydroxyl groups excluding tert-OH is 1. The molecule has 2 aromatic rings. The number of halogens is 3. The summed E-state index contributed by atoms with van der Waals surface area (Å²) in [5, 5.41) is 20.2. The number of anilines is 1. The molecule has 5 atom stereocenters. The minimum Gasteiger partial charge on any atom is -0.373 e. The second kappa shape index (κ2) is 6.67. The maximum atomic E-state index is 13.5.